The minimum absolute atomic E-state index is 0.00529. The Morgan fingerprint density at radius 1 is 1.27 bits per heavy atom. The van der Waals surface area contributed by atoms with E-state index in [4.69, 9.17) is 10.5 Å². The Morgan fingerprint density at radius 2 is 1.86 bits per heavy atom. The monoisotopic (exact) mass is 318 g/mol. The molecule has 0 saturated carbocycles. The Morgan fingerprint density at radius 3 is 2.32 bits per heavy atom. The number of primary amides is 1. The molecule has 0 aliphatic rings. The first-order valence-electron chi connectivity index (χ1n) is 6.56. The summed E-state index contributed by atoms with van der Waals surface area (Å²) in [6, 6.07) is 3.30. The van der Waals surface area contributed by atoms with Crippen LogP contribution in [0.25, 0.3) is 0 Å². The van der Waals surface area contributed by atoms with E-state index in [1.807, 2.05) is 0 Å². The maximum Gasteiger partial charge on any atom is 0.416 e. The number of carbonyl (C=O) groups excluding carboxylic acids is 2. The fraction of sp³-hybridized carbons (Fsp3) is 0.429. The van der Waals surface area contributed by atoms with Crippen molar-refractivity contribution in [2.45, 2.75) is 25.6 Å². The van der Waals surface area contributed by atoms with Gasteiger partial charge in [-0.05, 0) is 24.6 Å². The van der Waals surface area contributed by atoms with E-state index < -0.39 is 29.6 Å². The van der Waals surface area contributed by atoms with Crippen molar-refractivity contribution in [3.05, 3.63) is 35.4 Å². The summed E-state index contributed by atoms with van der Waals surface area (Å²) in [5, 5.41) is 2.38. The molecule has 0 radical (unpaired) electrons. The van der Waals surface area contributed by atoms with Gasteiger partial charge >= 0.3 is 6.18 Å². The van der Waals surface area contributed by atoms with Gasteiger partial charge in [-0.3, -0.25) is 9.59 Å². The summed E-state index contributed by atoms with van der Waals surface area (Å²) < 4.78 is 42.3. The van der Waals surface area contributed by atoms with Gasteiger partial charge in [0.25, 0.3) is 0 Å². The van der Waals surface area contributed by atoms with E-state index in [1.165, 1.54) is 12.1 Å². The first-order valence-corrected chi connectivity index (χ1v) is 6.56. The third-order valence-electron chi connectivity index (χ3n) is 2.84. The molecule has 0 heterocycles. The van der Waals surface area contributed by atoms with E-state index in [0.717, 1.165) is 12.1 Å². The molecule has 0 aliphatic carbocycles. The third kappa shape index (κ3) is 5.72. The molecule has 1 aromatic carbocycles. The first kappa shape index (κ1) is 18.0. The van der Waals surface area contributed by atoms with Crippen LogP contribution in [0.5, 0.6) is 0 Å². The summed E-state index contributed by atoms with van der Waals surface area (Å²) in [7, 11) is 0. The molecule has 0 aromatic heterocycles. The fourth-order valence-corrected chi connectivity index (χ4v) is 1.72. The zero-order valence-electron chi connectivity index (χ0n) is 11.9. The molecule has 0 saturated heterocycles. The smallest absolute Gasteiger partial charge is 0.372 e. The number of hydrogen-bond acceptors (Lipinski definition) is 3. The van der Waals surface area contributed by atoms with E-state index in [9.17, 15) is 22.8 Å². The fourth-order valence-electron chi connectivity index (χ4n) is 1.72. The van der Waals surface area contributed by atoms with Gasteiger partial charge in [-0.25, -0.2) is 0 Å². The van der Waals surface area contributed by atoms with Gasteiger partial charge < -0.3 is 15.8 Å². The normalized spacial score (nSPS) is 12.7. The number of nitrogens with one attached hydrogen (secondary N) is 1. The zero-order chi connectivity index (χ0) is 16.8. The first-order chi connectivity index (χ1) is 10.2. The molecule has 0 unspecified atom stereocenters. The van der Waals surface area contributed by atoms with Crippen LogP contribution in [0.1, 0.15) is 18.1 Å². The van der Waals surface area contributed by atoms with Gasteiger partial charge in [-0.2, -0.15) is 13.2 Å². The molecule has 0 bridgehead atoms. The van der Waals surface area contributed by atoms with Crippen molar-refractivity contribution in [3.8, 4) is 0 Å². The molecule has 0 aliphatic heterocycles. The summed E-state index contributed by atoms with van der Waals surface area (Å²) >= 11 is 0. The zero-order valence-corrected chi connectivity index (χ0v) is 11.9. The number of benzene rings is 1. The van der Waals surface area contributed by atoms with Gasteiger partial charge in [0, 0.05) is 13.0 Å². The Kier molecular flexibility index (Phi) is 6.36. The summed E-state index contributed by atoms with van der Waals surface area (Å²) in [6.07, 6.45) is -4.42. The molecule has 3 N–H and O–H groups in total. The number of ether oxygens (including phenoxy) is 1. The maximum absolute atomic E-state index is 12.5. The predicted octanol–water partition coefficient (Wildman–Crippen LogP) is 1.25. The molecule has 122 valence electrons. The number of carbonyl (C=O) groups is 2. The van der Waals surface area contributed by atoms with E-state index in [-0.39, 0.29) is 13.0 Å². The Hall–Kier alpha value is -2.09. The molecular weight excluding hydrogens is 301 g/mol. The quantitative estimate of drug-likeness (QED) is 0.794. The second-order valence-corrected chi connectivity index (χ2v) is 4.56. The number of nitrogens with two attached hydrogens (primary N) is 1. The molecule has 1 aromatic rings. The highest BCUT2D eigenvalue weighted by Crippen LogP contribution is 2.29. The van der Waals surface area contributed by atoms with Gasteiger partial charge in [-0.1, -0.05) is 12.1 Å². The molecule has 8 heteroatoms. The molecule has 2 amide bonds. The summed E-state index contributed by atoms with van der Waals surface area (Å²) in [4.78, 5) is 22.8. The Labute approximate surface area is 125 Å². The Balaban J connectivity index is 2.71. The van der Waals surface area contributed by atoms with Crippen molar-refractivity contribution >= 4 is 11.8 Å². The number of alkyl halides is 3. The average molecular weight is 318 g/mol. The molecule has 1 rings (SSSR count). The van der Waals surface area contributed by atoms with Crippen molar-refractivity contribution in [1.82, 2.24) is 5.32 Å². The molecule has 0 spiro atoms. The van der Waals surface area contributed by atoms with Gasteiger partial charge in [0.2, 0.25) is 11.8 Å². The van der Waals surface area contributed by atoms with Crippen molar-refractivity contribution in [2.24, 2.45) is 5.73 Å². The van der Waals surface area contributed by atoms with E-state index in [2.05, 4.69) is 5.32 Å². The number of amides is 2. The molecule has 22 heavy (non-hydrogen) atoms. The van der Waals surface area contributed by atoms with E-state index >= 15 is 0 Å². The van der Waals surface area contributed by atoms with Gasteiger partial charge in [0.1, 0.15) is 12.6 Å². The van der Waals surface area contributed by atoms with Crippen LogP contribution in [0.15, 0.2) is 24.3 Å². The lowest BCUT2D eigenvalue weighted by atomic mass is 10.0. The number of hydrogen-bond donors (Lipinski definition) is 2. The number of halogens is 3. The molecular formula is C14H17F3N2O3. The van der Waals surface area contributed by atoms with Crippen molar-refractivity contribution < 1.29 is 27.5 Å². The van der Waals surface area contributed by atoms with Crippen LogP contribution in [0.3, 0.4) is 0 Å². The summed E-state index contributed by atoms with van der Waals surface area (Å²) in [5.74, 6) is -1.29. The van der Waals surface area contributed by atoms with Crippen LogP contribution < -0.4 is 11.1 Å². The standard InChI is InChI=1S/C14H17F3N2O3/c1-2-22-8-12(20)19-11(13(18)21)7-9-3-5-10(6-4-9)14(15,16)17/h3-6,11H,2,7-8H2,1H3,(H2,18,21)(H,19,20)/t11-/m1/s1. The lowest BCUT2D eigenvalue weighted by Crippen LogP contribution is -2.47. The lowest BCUT2D eigenvalue weighted by Gasteiger charge is -2.16. The Bertz CT molecular complexity index is 515. The summed E-state index contributed by atoms with van der Waals surface area (Å²) in [6.45, 7) is 1.84. The van der Waals surface area contributed by atoms with Crippen molar-refractivity contribution in [3.63, 3.8) is 0 Å². The molecule has 0 fully saturated rings. The van der Waals surface area contributed by atoms with Crippen LogP contribution in [-0.4, -0.2) is 31.1 Å². The van der Waals surface area contributed by atoms with Crippen LogP contribution in [-0.2, 0) is 26.9 Å². The van der Waals surface area contributed by atoms with E-state index in [0.29, 0.717) is 12.2 Å². The van der Waals surface area contributed by atoms with Crippen LogP contribution in [0.4, 0.5) is 13.2 Å². The minimum Gasteiger partial charge on any atom is -0.372 e. The highest BCUT2D eigenvalue weighted by Gasteiger charge is 2.30. The lowest BCUT2D eigenvalue weighted by molar-refractivity contribution is -0.137. The highest BCUT2D eigenvalue weighted by atomic mass is 19.4. The second kappa shape index (κ2) is 7.79. The van der Waals surface area contributed by atoms with Crippen molar-refractivity contribution in [2.75, 3.05) is 13.2 Å². The number of rotatable bonds is 7. The van der Waals surface area contributed by atoms with Crippen molar-refractivity contribution in [1.29, 1.82) is 0 Å². The van der Waals surface area contributed by atoms with Gasteiger partial charge in [0.15, 0.2) is 0 Å². The second-order valence-electron chi connectivity index (χ2n) is 4.56. The molecule has 5 nitrogen and oxygen atoms in total. The summed E-state index contributed by atoms with van der Waals surface area (Å²) in [5.41, 5.74) is 4.85. The maximum atomic E-state index is 12.5. The van der Waals surface area contributed by atoms with Crippen LogP contribution >= 0.6 is 0 Å². The SMILES string of the molecule is CCOCC(=O)N[C@H](Cc1ccc(C(F)(F)F)cc1)C(N)=O. The van der Waals surface area contributed by atoms with Crippen LogP contribution in [0.2, 0.25) is 0 Å². The largest absolute Gasteiger partial charge is 0.416 e. The highest BCUT2D eigenvalue weighted by molar-refractivity contribution is 5.87. The average Bonchev–Trinajstić information content (AvgIpc) is 2.44. The van der Waals surface area contributed by atoms with E-state index in [1.54, 1.807) is 6.92 Å². The predicted molar refractivity (Wildman–Crippen MR) is 72.8 cm³/mol. The molecule has 1 atom stereocenters. The van der Waals surface area contributed by atoms with Gasteiger partial charge in [0.05, 0.1) is 5.56 Å². The topological polar surface area (TPSA) is 81.4 Å². The van der Waals surface area contributed by atoms with Crippen LogP contribution in [0, 0.1) is 0 Å². The third-order valence-corrected chi connectivity index (χ3v) is 2.84. The van der Waals surface area contributed by atoms with Gasteiger partial charge in [-0.15, -0.1) is 0 Å². The minimum atomic E-state index is -4.42.